The lowest BCUT2D eigenvalue weighted by Gasteiger charge is -2.35. The van der Waals surface area contributed by atoms with Crippen LogP contribution in [-0.4, -0.2) is 38.8 Å². The molecule has 0 aliphatic carbocycles. The summed E-state index contributed by atoms with van der Waals surface area (Å²) < 4.78 is 25.6. The van der Waals surface area contributed by atoms with Crippen molar-refractivity contribution < 1.29 is 8.42 Å². The lowest BCUT2D eigenvalue weighted by molar-refractivity contribution is 0.468. The predicted octanol–water partition coefficient (Wildman–Crippen LogP) is 2.41. The number of nitrogens with one attached hydrogen (secondary N) is 1. The van der Waals surface area contributed by atoms with Crippen molar-refractivity contribution in [2.24, 2.45) is 0 Å². The van der Waals surface area contributed by atoms with E-state index < -0.39 is 10.0 Å². The average Bonchev–Trinajstić information content (AvgIpc) is 2.45. The van der Waals surface area contributed by atoms with Gasteiger partial charge in [0.05, 0.1) is 11.8 Å². The van der Waals surface area contributed by atoms with Gasteiger partial charge in [-0.3, -0.25) is 4.98 Å². The van der Waals surface area contributed by atoms with Gasteiger partial charge < -0.3 is 4.90 Å². The third-order valence-corrected chi connectivity index (χ3v) is 4.82. The Morgan fingerprint density at radius 3 is 2.95 bits per heavy atom. The SMILES string of the molecule is CS(=O)(=O)N[C@H]1CCCN(c2ccnc3ccc(Cl)cc23)C1. The second-order valence-corrected chi connectivity index (χ2v) is 7.88. The molecule has 0 spiro atoms. The van der Waals surface area contributed by atoms with Gasteiger partial charge in [0.25, 0.3) is 0 Å². The molecule has 3 rings (SSSR count). The lowest BCUT2D eigenvalue weighted by Crippen LogP contribution is -2.47. The highest BCUT2D eigenvalue weighted by molar-refractivity contribution is 7.88. The largest absolute Gasteiger partial charge is 0.369 e. The number of sulfonamides is 1. The molecular weight excluding hydrogens is 322 g/mol. The fraction of sp³-hybridized carbons (Fsp3) is 0.400. The maximum Gasteiger partial charge on any atom is 0.209 e. The van der Waals surface area contributed by atoms with Crippen molar-refractivity contribution in [1.29, 1.82) is 0 Å². The first-order chi connectivity index (χ1) is 10.4. The number of rotatable bonds is 3. The normalized spacial score (nSPS) is 19.5. The number of nitrogens with zero attached hydrogens (tertiary/aromatic N) is 2. The number of pyridine rings is 1. The van der Waals surface area contributed by atoms with Crippen LogP contribution in [0.2, 0.25) is 5.02 Å². The molecule has 0 radical (unpaired) electrons. The zero-order chi connectivity index (χ0) is 15.7. The molecule has 1 saturated heterocycles. The average molecular weight is 340 g/mol. The molecule has 0 bridgehead atoms. The Morgan fingerprint density at radius 1 is 1.36 bits per heavy atom. The van der Waals surface area contributed by atoms with E-state index in [2.05, 4.69) is 14.6 Å². The Bertz CT molecular complexity index is 794. The maximum absolute atomic E-state index is 11.4. The Hall–Kier alpha value is -1.37. The summed E-state index contributed by atoms with van der Waals surface area (Å²) in [5.41, 5.74) is 1.94. The summed E-state index contributed by atoms with van der Waals surface area (Å²) in [6.45, 7) is 1.55. The third kappa shape index (κ3) is 3.51. The van der Waals surface area contributed by atoms with Gasteiger partial charge in [0, 0.05) is 41.4 Å². The van der Waals surface area contributed by atoms with Gasteiger partial charge in [0.1, 0.15) is 0 Å². The molecule has 2 aromatic rings. The smallest absolute Gasteiger partial charge is 0.209 e. The van der Waals surface area contributed by atoms with E-state index in [-0.39, 0.29) is 6.04 Å². The van der Waals surface area contributed by atoms with E-state index in [0.29, 0.717) is 11.6 Å². The van der Waals surface area contributed by atoms with E-state index in [1.54, 1.807) is 6.20 Å². The van der Waals surface area contributed by atoms with E-state index >= 15 is 0 Å². The van der Waals surface area contributed by atoms with Gasteiger partial charge in [-0.25, -0.2) is 13.1 Å². The van der Waals surface area contributed by atoms with Crippen molar-refractivity contribution in [3.8, 4) is 0 Å². The summed E-state index contributed by atoms with van der Waals surface area (Å²) in [5.74, 6) is 0. The fourth-order valence-electron chi connectivity index (χ4n) is 2.97. The van der Waals surface area contributed by atoms with Crippen molar-refractivity contribution in [3.05, 3.63) is 35.5 Å². The first kappa shape index (κ1) is 15.5. The van der Waals surface area contributed by atoms with Gasteiger partial charge in [-0.05, 0) is 37.1 Å². The number of anilines is 1. The Morgan fingerprint density at radius 2 is 2.18 bits per heavy atom. The van der Waals surface area contributed by atoms with E-state index in [0.717, 1.165) is 36.0 Å². The van der Waals surface area contributed by atoms with Crippen molar-refractivity contribution in [2.75, 3.05) is 24.2 Å². The number of fused-ring (bicyclic) bond motifs is 1. The number of benzene rings is 1. The highest BCUT2D eigenvalue weighted by Gasteiger charge is 2.23. The Kier molecular flexibility index (Phi) is 4.25. The number of aromatic nitrogens is 1. The van der Waals surface area contributed by atoms with Crippen LogP contribution in [-0.2, 0) is 10.0 Å². The van der Waals surface area contributed by atoms with Gasteiger partial charge in [0.2, 0.25) is 10.0 Å². The molecular formula is C15H18ClN3O2S. The van der Waals surface area contributed by atoms with Crippen LogP contribution in [0.4, 0.5) is 5.69 Å². The Labute approximate surface area is 135 Å². The van der Waals surface area contributed by atoms with E-state index in [1.165, 1.54) is 6.26 Å². The summed E-state index contributed by atoms with van der Waals surface area (Å²) in [6, 6.07) is 7.53. The van der Waals surface area contributed by atoms with Crippen molar-refractivity contribution >= 4 is 38.2 Å². The van der Waals surface area contributed by atoms with Crippen LogP contribution < -0.4 is 9.62 Å². The first-order valence-electron chi connectivity index (χ1n) is 7.19. The van der Waals surface area contributed by atoms with Crippen LogP contribution in [0, 0.1) is 0 Å². The lowest BCUT2D eigenvalue weighted by atomic mass is 10.0. The van der Waals surface area contributed by atoms with Gasteiger partial charge >= 0.3 is 0 Å². The number of hydrogen-bond acceptors (Lipinski definition) is 4. The summed E-state index contributed by atoms with van der Waals surface area (Å²) >= 11 is 6.11. The zero-order valence-corrected chi connectivity index (χ0v) is 13.9. The van der Waals surface area contributed by atoms with Gasteiger partial charge in [-0.2, -0.15) is 0 Å². The van der Waals surface area contributed by atoms with Crippen LogP contribution in [0.25, 0.3) is 10.9 Å². The zero-order valence-electron chi connectivity index (χ0n) is 12.3. The van der Waals surface area contributed by atoms with Crippen LogP contribution in [0.3, 0.4) is 0 Å². The quantitative estimate of drug-likeness (QED) is 0.932. The molecule has 1 N–H and O–H groups in total. The Balaban J connectivity index is 1.92. The molecule has 0 amide bonds. The van der Waals surface area contributed by atoms with Crippen LogP contribution >= 0.6 is 11.6 Å². The van der Waals surface area contributed by atoms with Crippen molar-refractivity contribution in [2.45, 2.75) is 18.9 Å². The van der Waals surface area contributed by atoms with Crippen LogP contribution in [0.5, 0.6) is 0 Å². The highest BCUT2D eigenvalue weighted by atomic mass is 35.5. The summed E-state index contributed by atoms with van der Waals surface area (Å²) in [7, 11) is -3.19. The molecule has 118 valence electrons. The minimum Gasteiger partial charge on any atom is -0.369 e. The summed E-state index contributed by atoms with van der Waals surface area (Å²) in [5, 5.41) is 1.67. The molecule has 0 unspecified atom stereocenters. The highest BCUT2D eigenvalue weighted by Crippen LogP contribution is 2.29. The molecule has 2 heterocycles. The predicted molar refractivity (Wildman–Crippen MR) is 90.0 cm³/mol. The van der Waals surface area contributed by atoms with Crippen LogP contribution in [0.15, 0.2) is 30.5 Å². The standard InChI is InChI=1S/C15H18ClN3O2S/c1-22(20,21)18-12-3-2-8-19(10-12)15-6-7-17-14-5-4-11(16)9-13(14)15/h4-7,9,12,18H,2-3,8,10H2,1H3/t12-/m0/s1. The van der Waals surface area contributed by atoms with E-state index in [4.69, 9.17) is 11.6 Å². The van der Waals surface area contributed by atoms with Crippen molar-refractivity contribution in [3.63, 3.8) is 0 Å². The molecule has 5 nitrogen and oxygen atoms in total. The van der Waals surface area contributed by atoms with Gasteiger partial charge in [-0.1, -0.05) is 11.6 Å². The second-order valence-electron chi connectivity index (χ2n) is 5.67. The van der Waals surface area contributed by atoms with Crippen molar-refractivity contribution in [1.82, 2.24) is 9.71 Å². The monoisotopic (exact) mass is 339 g/mol. The van der Waals surface area contributed by atoms with Crippen LogP contribution in [0.1, 0.15) is 12.8 Å². The molecule has 1 aliphatic heterocycles. The van der Waals surface area contributed by atoms with Gasteiger partial charge in [-0.15, -0.1) is 0 Å². The maximum atomic E-state index is 11.4. The van der Waals surface area contributed by atoms with E-state index in [1.807, 2.05) is 24.3 Å². The number of hydrogen-bond donors (Lipinski definition) is 1. The third-order valence-electron chi connectivity index (χ3n) is 3.82. The number of halogens is 1. The summed E-state index contributed by atoms with van der Waals surface area (Å²) in [4.78, 5) is 6.56. The molecule has 1 aromatic heterocycles. The topological polar surface area (TPSA) is 62.3 Å². The molecule has 1 atom stereocenters. The molecule has 0 saturated carbocycles. The second kappa shape index (κ2) is 6.02. The summed E-state index contributed by atoms with van der Waals surface area (Å²) in [6.07, 6.45) is 4.78. The molecule has 7 heteroatoms. The molecule has 1 aromatic carbocycles. The molecule has 22 heavy (non-hydrogen) atoms. The van der Waals surface area contributed by atoms with E-state index in [9.17, 15) is 8.42 Å². The minimum atomic E-state index is -3.19. The minimum absolute atomic E-state index is 0.0638. The fourth-order valence-corrected chi connectivity index (χ4v) is 3.94. The molecule has 1 aliphatic rings. The first-order valence-corrected chi connectivity index (χ1v) is 9.46. The molecule has 1 fully saturated rings. The van der Waals surface area contributed by atoms with Gasteiger partial charge in [0.15, 0.2) is 0 Å². The number of piperidine rings is 1.